The Bertz CT molecular complexity index is 433. The summed E-state index contributed by atoms with van der Waals surface area (Å²) in [5.41, 5.74) is 1.66. The van der Waals surface area contributed by atoms with Gasteiger partial charge in [0.1, 0.15) is 5.52 Å². The normalized spacial score (nSPS) is 10.2. The van der Waals surface area contributed by atoms with Crippen molar-refractivity contribution >= 4 is 11.0 Å². The first-order valence-electron chi connectivity index (χ1n) is 3.36. The van der Waals surface area contributed by atoms with E-state index in [2.05, 4.69) is 9.97 Å². The van der Waals surface area contributed by atoms with Crippen LogP contribution >= 0.6 is 0 Å². The van der Waals surface area contributed by atoms with E-state index in [4.69, 9.17) is 0 Å². The molecule has 0 radical (unpaired) electrons. The lowest BCUT2D eigenvalue weighted by Crippen LogP contribution is -2.16. The molecule has 0 saturated carbocycles. The Labute approximate surface area is 62.7 Å². The lowest BCUT2D eigenvalue weighted by Gasteiger charge is -1.86. The Hall–Kier alpha value is -1.64. The molecule has 0 fully saturated rings. The quantitative estimate of drug-likeness (QED) is 0.574. The average molecular weight is 147 g/mol. The molecule has 1 aromatic heterocycles. The van der Waals surface area contributed by atoms with Gasteiger partial charge in [-0.15, -0.1) is 0 Å². The molecule has 0 bridgehead atoms. The third kappa shape index (κ3) is 1.00. The highest BCUT2D eigenvalue weighted by Crippen LogP contribution is 1.99. The van der Waals surface area contributed by atoms with Crippen LogP contribution in [0.4, 0.5) is 0 Å². The van der Waals surface area contributed by atoms with Crippen molar-refractivity contribution in [3.63, 3.8) is 0 Å². The Kier molecular flexibility index (Phi) is 1.22. The van der Waals surface area contributed by atoms with Crippen LogP contribution in [-0.2, 0) is 0 Å². The van der Waals surface area contributed by atoms with E-state index in [-0.39, 0.29) is 5.56 Å². The minimum atomic E-state index is -0.108. The number of H-pyrrole nitrogens is 2. The average Bonchev–Trinajstić information content (AvgIpc) is 2.04. The third-order valence-electron chi connectivity index (χ3n) is 1.54. The molecule has 0 amide bonds. The Balaban J connectivity index is 2.94. The van der Waals surface area contributed by atoms with Crippen molar-refractivity contribution < 1.29 is 4.98 Å². The largest absolute Gasteiger partial charge is 0.312 e. The smallest absolute Gasteiger partial charge is 0.312 e. The third-order valence-corrected chi connectivity index (χ3v) is 1.54. The molecule has 0 saturated heterocycles. The molecule has 2 aromatic rings. The first-order valence-corrected chi connectivity index (χ1v) is 3.36. The van der Waals surface area contributed by atoms with Gasteiger partial charge in [0.25, 0.3) is 0 Å². The predicted octanol–water partition coefficient (Wildman–Crippen LogP) is 0.342. The molecule has 0 unspecified atom stereocenters. The van der Waals surface area contributed by atoms with Gasteiger partial charge in [-0.25, -0.2) is 4.98 Å². The van der Waals surface area contributed by atoms with Crippen LogP contribution in [0.5, 0.6) is 0 Å². The molecule has 54 valence electrons. The maximum absolute atomic E-state index is 10.8. The van der Waals surface area contributed by atoms with Crippen molar-refractivity contribution in [3.05, 3.63) is 40.8 Å². The number of rotatable bonds is 0. The molecule has 3 heteroatoms. The van der Waals surface area contributed by atoms with Crippen molar-refractivity contribution in [2.45, 2.75) is 0 Å². The number of hydrogen-bond donors (Lipinski definition) is 1. The summed E-state index contributed by atoms with van der Waals surface area (Å²) in [5.74, 6) is 0. The van der Waals surface area contributed by atoms with Crippen LogP contribution < -0.4 is 10.5 Å². The first-order chi connectivity index (χ1) is 5.36. The van der Waals surface area contributed by atoms with Gasteiger partial charge in [0.2, 0.25) is 11.7 Å². The van der Waals surface area contributed by atoms with E-state index in [0.29, 0.717) is 0 Å². The maximum atomic E-state index is 10.8. The lowest BCUT2D eigenvalue weighted by molar-refractivity contribution is -0.346. The lowest BCUT2D eigenvalue weighted by atomic mass is 10.3. The fourth-order valence-electron chi connectivity index (χ4n) is 1.03. The van der Waals surface area contributed by atoms with Gasteiger partial charge in [-0.2, -0.15) is 0 Å². The topological polar surface area (TPSA) is 47.0 Å². The summed E-state index contributed by atoms with van der Waals surface area (Å²) in [5, 5.41) is 0. The van der Waals surface area contributed by atoms with Crippen LogP contribution in [0.3, 0.4) is 0 Å². The summed E-state index contributed by atoms with van der Waals surface area (Å²) in [6.07, 6.45) is 1.41. The van der Waals surface area contributed by atoms with Gasteiger partial charge in [-0.1, -0.05) is 12.1 Å². The predicted molar refractivity (Wildman–Crippen MR) is 41.1 cm³/mol. The summed E-state index contributed by atoms with van der Waals surface area (Å²) in [4.78, 5) is 16.4. The summed E-state index contributed by atoms with van der Waals surface area (Å²) in [6, 6.07) is 7.56. The zero-order chi connectivity index (χ0) is 7.68. The molecule has 3 nitrogen and oxygen atoms in total. The van der Waals surface area contributed by atoms with Gasteiger partial charge >= 0.3 is 5.56 Å². The van der Waals surface area contributed by atoms with Crippen LogP contribution in [0.2, 0.25) is 0 Å². The van der Waals surface area contributed by atoms with Crippen molar-refractivity contribution in [2.24, 2.45) is 0 Å². The van der Waals surface area contributed by atoms with E-state index in [1.807, 2.05) is 24.3 Å². The van der Waals surface area contributed by atoms with E-state index in [1.165, 1.54) is 6.20 Å². The first kappa shape index (κ1) is 6.09. The number of benzene rings is 1. The Morgan fingerprint density at radius 2 is 2.09 bits per heavy atom. The molecule has 2 rings (SSSR count). The summed E-state index contributed by atoms with van der Waals surface area (Å²) in [6.45, 7) is 0. The van der Waals surface area contributed by atoms with Crippen LogP contribution in [0.1, 0.15) is 0 Å². The molecular formula is C8H7N2O+. The highest BCUT2D eigenvalue weighted by atomic mass is 16.1. The van der Waals surface area contributed by atoms with E-state index < -0.39 is 0 Å². The monoisotopic (exact) mass is 147 g/mol. The van der Waals surface area contributed by atoms with Crippen LogP contribution in [0.15, 0.2) is 35.3 Å². The fraction of sp³-hybridized carbons (Fsp3) is 0. The molecule has 0 aliphatic carbocycles. The maximum Gasteiger partial charge on any atom is 0.312 e. The second-order valence-corrected chi connectivity index (χ2v) is 2.32. The molecule has 0 aliphatic heterocycles. The van der Waals surface area contributed by atoms with Crippen molar-refractivity contribution in [3.8, 4) is 0 Å². The van der Waals surface area contributed by atoms with E-state index in [1.54, 1.807) is 0 Å². The fourth-order valence-corrected chi connectivity index (χ4v) is 1.03. The summed E-state index contributed by atoms with van der Waals surface area (Å²) in [7, 11) is 0. The number of aromatic amines is 2. The van der Waals surface area contributed by atoms with Gasteiger partial charge in [-0.3, -0.25) is 4.79 Å². The van der Waals surface area contributed by atoms with E-state index >= 15 is 0 Å². The minimum Gasteiger partial charge on any atom is -0.312 e. The standard InChI is InChI=1S/C8H6N2O/c11-8-5-9-6-3-1-2-4-7(6)10-8/h1-5H,(H,10,11)/p+1. The number of fused-ring (bicyclic) bond motifs is 1. The number of hydrogen-bond acceptors (Lipinski definition) is 1. The van der Waals surface area contributed by atoms with Crippen molar-refractivity contribution in [1.82, 2.24) is 4.98 Å². The summed E-state index contributed by atoms with van der Waals surface area (Å²) < 4.78 is 0. The summed E-state index contributed by atoms with van der Waals surface area (Å²) >= 11 is 0. The molecule has 2 N–H and O–H groups in total. The van der Waals surface area contributed by atoms with Crippen LogP contribution in [-0.4, -0.2) is 4.98 Å². The Morgan fingerprint density at radius 3 is 3.00 bits per heavy atom. The van der Waals surface area contributed by atoms with Gasteiger partial charge < -0.3 is 4.98 Å². The van der Waals surface area contributed by atoms with Gasteiger partial charge in [0, 0.05) is 6.07 Å². The second-order valence-electron chi connectivity index (χ2n) is 2.32. The zero-order valence-corrected chi connectivity index (χ0v) is 5.79. The Morgan fingerprint density at radius 1 is 1.27 bits per heavy atom. The molecule has 11 heavy (non-hydrogen) atoms. The molecule has 1 aromatic carbocycles. The number of aromatic nitrogens is 2. The highest BCUT2D eigenvalue weighted by Gasteiger charge is 1.97. The molecule has 0 atom stereocenters. The van der Waals surface area contributed by atoms with Gasteiger partial charge in [-0.05, 0) is 6.07 Å². The molecular weight excluding hydrogens is 140 g/mol. The van der Waals surface area contributed by atoms with Gasteiger partial charge in [0.15, 0.2) is 0 Å². The van der Waals surface area contributed by atoms with Crippen LogP contribution in [0.25, 0.3) is 11.0 Å². The second kappa shape index (κ2) is 2.20. The van der Waals surface area contributed by atoms with Crippen molar-refractivity contribution in [1.29, 1.82) is 0 Å². The molecule has 0 aliphatic rings. The zero-order valence-electron chi connectivity index (χ0n) is 5.79. The van der Waals surface area contributed by atoms with Crippen LogP contribution in [0, 0.1) is 0 Å². The number of para-hydroxylation sites is 2. The highest BCUT2D eigenvalue weighted by molar-refractivity contribution is 5.69. The van der Waals surface area contributed by atoms with Gasteiger partial charge in [0.05, 0.1) is 0 Å². The SMILES string of the molecule is O=c1c[nH+]c2ccccc2[nH]1. The van der Waals surface area contributed by atoms with E-state index in [0.717, 1.165) is 11.0 Å². The minimum absolute atomic E-state index is 0.108. The van der Waals surface area contributed by atoms with E-state index in [9.17, 15) is 4.79 Å². The molecule has 0 spiro atoms. The number of nitrogens with one attached hydrogen (secondary N) is 2. The van der Waals surface area contributed by atoms with Crippen molar-refractivity contribution in [2.75, 3.05) is 0 Å². The molecule has 1 heterocycles.